The number of ether oxygens (including phenoxy) is 1. The molecule has 0 aliphatic carbocycles. The molecule has 0 saturated carbocycles. The van der Waals surface area contributed by atoms with Gasteiger partial charge in [0, 0.05) is 12.7 Å². The van der Waals surface area contributed by atoms with Crippen molar-refractivity contribution in [3.05, 3.63) is 41.8 Å². The van der Waals surface area contributed by atoms with E-state index in [-0.39, 0.29) is 6.54 Å². The van der Waals surface area contributed by atoms with Crippen LogP contribution in [-0.2, 0) is 14.0 Å². The quantitative estimate of drug-likeness (QED) is 0.790. The molecule has 0 atom stereocenters. The van der Waals surface area contributed by atoms with E-state index in [1.165, 1.54) is 0 Å². The first-order chi connectivity index (χ1) is 13.4. The van der Waals surface area contributed by atoms with Gasteiger partial charge >= 0.3 is 13.2 Å². The summed E-state index contributed by atoms with van der Waals surface area (Å²) in [4.78, 5) is 16.6. The normalized spacial score (nSPS) is 18.9. The number of carbonyl (C=O) groups excluding carboxylic acids is 1. The Kier molecular flexibility index (Phi) is 5.53. The van der Waals surface area contributed by atoms with Gasteiger partial charge in [-0.25, -0.2) is 9.78 Å². The summed E-state index contributed by atoms with van der Waals surface area (Å²) in [5.41, 5.74) is 0.952. The molecule has 1 aliphatic rings. The van der Waals surface area contributed by atoms with Crippen LogP contribution in [0.25, 0.3) is 11.7 Å². The van der Waals surface area contributed by atoms with Crippen molar-refractivity contribution in [3.8, 4) is 0 Å². The first-order valence-electron chi connectivity index (χ1n) is 9.83. The summed E-state index contributed by atoms with van der Waals surface area (Å²) in [6.45, 7) is 13.7. The zero-order chi connectivity index (χ0) is 21.4. The molecular formula is C21H30BN3O4. The fourth-order valence-corrected chi connectivity index (χ4v) is 2.93. The third-order valence-corrected chi connectivity index (χ3v) is 5.17. The van der Waals surface area contributed by atoms with Crippen molar-refractivity contribution in [2.45, 2.75) is 65.3 Å². The van der Waals surface area contributed by atoms with E-state index < -0.39 is 30.0 Å². The van der Waals surface area contributed by atoms with Gasteiger partial charge in [-0.15, -0.1) is 0 Å². The van der Waals surface area contributed by atoms with Crippen LogP contribution in [0.5, 0.6) is 0 Å². The van der Waals surface area contributed by atoms with Crippen LogP contribution in [0.2, 0.25) is 0 Å². The largest absolute Gasteiger partial charge is 0.492 e. The maximum atomic E-state index is 12.2. The number of nitrogens with one attached hydrogen (secondary N) is 1. The molecule has 1 N–H and O–H groups in total. The van der Waals surface area contributed by atoms with E-state index in [2.05, 4.69) is 10.3 Å². The number of carbonyl (C=O) groups is 1. The lowest BCUT2D eigenvalue weighted by Gasteiger charge is -2.32. The monoisotopic (exact) mass is 399 g/mol. The SMILES string of the molecule is CC(C)(C)OC(=O)NCC(=Cc1cnc2ccccn12)B1OC(C)(C)C(C)(C)O1. The highest BCUT2D eigenvalue weighted by atomic mass is 16.7. The minimum Gasteiger partial charge on any atom is -0.444 e. The molecule has 8 heteroatoms. The second-order valence-electron chi connectivity index (χ2n) is 9.27. The summed E-state index contributed by atoms with van der Waals surface area (Å²) in [5, 5.41) is 2.81. The number of hydrogen-bond acceptors (Lipinski definition) is 5. The first kappa shape index (κ1) is 21.4. The van der Waals surface area contributed by atoms with Crippen LogP contribution in [0.1, 0.15) is 54.2 Å². The van der Waals surface area contributed by atoms with Gasteiger partial charge in [0.2, 0.25) is 0 Å². The maximum Gasteiger partial charge on any atom is 0.492 e. The average molecular weight is 399 g/mol. The van der Waals surface area contributed by atoms with Gasteiger partial charge in [-0.2, -0.15) is 0 Å². The zero-order valence-electron chi connectivity index (χ0n) is 18.3. The molecule has 1 amide bonds. The van der Waals surface area contributed by atoms with Crippen molar-refractivity contribution >= 4 is 24.9 Å². The van der Waals surface area contributed by atoms with Crippen LogP contribution in [0, 0.1) is 0 Å². The Labute approximate surface area is 172 Å². The Morgan fingerprint density at radius 2 is 1.90 bits per heavy atom. The third kappa shape index (κ3) is 4.82. The highest BCUT2D eigenvalue weighted by molar-refractivity contribution is 6.56. The van der Waals surface area contributed by atoms with E-state index >= 15 is 0 Å². The van der Waals surface area contributed by atoms with Crippen molar-refractivity contribution in [1.29, 1.82) is 0 Å². The van der Waals surface area contributed by atoms with Crippen LogP contribution >= 0.6 is 0 Å². The van der Waals surface area contributed by atoms with Gasteiger partial charge in [-0.05, 0) is 72.1 Å². The fourth-order valence-electron chi connectivity index (χ4n) is 2.93. The molecule has 29 heavy (non-hydrogen) atoms. The van der Waals surface area contributed by atoms with Gasteiger partial charge in [-0.3, -0.25) is 0 Å². The van der Waals surface area contributed by atoms with Crippen molar-refractivity contribution in [2.75, 3.05) is 6.54 Å². The molecule has 0 bridgehead atoms. The number of rotatable bonds is 4. The number of fused-ring (bicyclic) bond motifs is 1. The van der Waals surface area contributed by atoms with Gasteiger partial charge in [0.05, 0.1) is 23.1 Å². The Bertz CT molecular complexity index is 911. The molecule has 0 unspecified atom stereocenters. The summed E-state index contributed by atoms with van der Waals surface area (Å²) in [6, 6.07) is 5.82. The van der Waals surface area contributed by atoms with Crippen LogP contribution in [0.15, 0.2) is 36.1 Å². The molecule has 3 heterocycles. The van der Waals surface area contributed by atoms with Gasteiger partial charge < -0.3 is 23.8 Å². The van der Waals surface area contributed by atoms with Gasteiger partial charge in [0.15, 0.2) is 0 Å². The molecule has 2 aromatic rings. The molecule has 2 aromatic heterocycles. The summed E-state index contributed by atoms with van der Waals surface area (Å²) >= 11 is 0. The molecule has 1 aliphatic heterocycles. The second kappa shape index (κ2) is 7.50. The van der Waals surface area contributed by atoms with Gasteiger partial charge in [-0.1, -0.05) is 6.07 Å². The summed E-state index contributed by atoms with van der Waals surface area (Å²) in [6.07, 6.45) is 5.18. The van der Waals surface area contributed by atoms with E-state index in [4.69, 9.17) is 14.0 Å². The van der Waals surface area contributed by atoms with E-state index in [0.29, 0.717) is 0 Å². The number of amides is 1. The van der Waals surface area contributed by atoms with Crippen LogP contribution in [-0.4, -0.2) is 45.9 Å². The molecule has 3 rings (SSSR count). The van der Waals surface area contributed by atoms with E-state index in [0.717, 1.165) is 16.8 Å². The molecule has 1 saturated heterocycles. The Morgan fingerprint density at radius 3 is 2.52 bits per heavy atom. The topological polar surface area (TPSA) is 74.1 Å². The number of imidazole rings is 1. The predicted octanol–water partition coefficient (Wildman–Crippen LogP) is 3.87. The lowest BCUT2D eigenvalue weighted by atomic mass is 9.77. The van der Waals surface area contributed by atoms with Crippen LogP contribution < -0.4 is 5.32 Å². The van der Waals surface area contributed by atoms with Gasteiger partial charge in [0.25, 0.3) is 0 Å². The molecule has 0 aromatic carbocycles. The van der Waals surface area contributed by atoms with Crippen molar-refractivity contribution in [1.82, 2.24) is 14.7 Å². The average Bonchev–Trinajstić information content (AvgIpc) is 3.08. The molecule has 7 nitrogen and oxygen atoms in total. The van der Waals surface area contributed by atoms with Crippen molar-refractivity contribution in [3.63, 3.8) is 0 Å². The number of hydrogen-bond donors (Lipinski definition) is 1. The summed E-state index contributed by atoms with van der Waals surface area (Å²) < 4.78 is 19.7. The Morgan fingerprint density at radius 1 is 1.24 bits per heavy atom. The molecule has 0 radical (unpaired) electrons. The highest BCUT2D eigenvalue weighted by Gasteiger charge is 2.52. The number of nitrogens with zero attached hydrogens (tertiary/aromatic N) is 2. The smallest absolute Gasteiger partial charge is 0.444 e. The second-order valence-corrected chi connectivity index (χ2v) is 9.27. The van der Waals surface area contributed by atoms with E-state index in [1.807, 2.05) is 83.3 Å². The Balaban J connectivity index is 1.89. The standard InChI is InChI=1S/C21H30BN3O4/c1-19(2,3)27-18(26)24-13-15(22-28-20(4,5)21(6,7)29-22)12-16-14-23-17-10-8-9-11-25(16)17/h8-12,14H,13H2,1-7H3,(H,24,26). The number of aromatic nitrogens is 2. The maximum absolute atomic E-state index is 12.2. The minimum absolute atomic E-state index is 0.228. The number of pyridine rings is 1. The number of alkyl carbamates (subject to hydrolysis) is 1. The first-order valence-corrected chi connectivity index (χ1v) is 9.83. The lowest BCUT2D eigenvalue weighted by Crippen LogP contribution is -2.41. The van der Waals surface area contributed by atoms with E-state index in [9.17, 15) is 4.79 Å². The molecular weight excluding hydrogens is 369 g/mol. The van der Waals surface area contributed by atoms with Crippen LogP contribution in [0.4, 0.5) is 4.79 Å². The van der Waals surface area contributed by atoms with Crippen molar-refractivity contribution in [2.24, 2.45) is 0 Å². The predicted molar refractivity (Wildman–Crippen MR) is 113 cm³/mol. The minimum atomic E-state index is -0.593. The van der Waals surface area contributed by atoms with Gasteiger partial charge in [0.1, 0.15) is 11.2 Å². The summed E-state index contributed by atoms with van der Waals surface area (Å²) in [5.74, 6) is 0. The summed E-state index contributed by atoms with van der Waals surface area (Å²) in [7, 11) is -0.593. The van der Waals surface area contributed by atoms with Crippen molar-refractivity contribution < 1.29 is 18.8 Å². The molecule has 1 fully saturated rings. The van der Waals surface area contributed by atoms with Crippen LogP contribution in [0.3, 0.4) is 0 Å². The molecule has 156 valence electrons. The molecule has 0 spiro atoms. The van der Waals surface area contributed by atoms with E-state index in [1.54, 1.807) is 6.20 Å². The third-order valence-electron chi connectivity index (χ3n) is 5.17. The Hall–Kier alpha value is -2.32. The lowest BCUT2D eigenvalue weighted by molar-refractivity contribution is 0.00578. The zero-order valence-corrected chi connectivity index (χ0v) is 18.3. The fraction of sp³-hybridized carbons (Fsp3) is 0.524. The highest BCUT2D eigenvalue weighted by Crippen LogP contribution is 2.38.